The van der Waals surface area contributed by atoms with Gasteiger partial charge in [-0.15, -0.1) is 0 Å². The summed E-state index contributed by atoms with van der Waals surface area (Å²) in [6.45, 7) is 1.37. The maximum absolute atomic E-state index is 9.51. The van der Waals surface area contributed by atoms with E-state index in [1.54, 1.807) is 0 Å². The minimum Gasteiger partial charge on any atom is -0.395 e. The van der Waals surface area contributed by atoms with Gasteiger partial charge < -0.3 is 15.2 Å². The van der Waals surface area contributed by atoms with E-state index in [0.717, 1.165) is 13.0 Å². The number of aliphatic hydroxyl groups is 1. The highest BCUT2D eigenvalue weighted by atomic mass is 127. The van der Waals surface area contributed by atoms with E-state index in [0.29, 0.717) is 30.0 Å². The summed E-state index contributed by atoms with van der Waals surface area (Å²) in [6, 6.07) is 0.966. The van der Waals surface area contributed by atoms with Crippen LogP contribution in [0.15, 0.2) is 0 Å². The van der Waals surface area contributed by atoms with Crippen LogP contribution in [0.1, 0.15) is 32.1 Å². The van der Waals surface area contributed by atoms with Crippen molar-refractivity contribution in [3.63, 3.8) is 0 Å². The third-order valence-corrected chi connectivity index (χ3v) is 6.32. The predicted octanol–water partition coefficient (Wildman–Crippen LogP) is 1.81. The van der Waals surface area contributed by atoms with Crippen molar-refractivity contribution in [1.82, 2.24) is 8.43 Å². The zero-order valence-electron chi connectivity index (χ0n) is 12.0. The van der Waals surface area contributed by atoms with Gasteiger partial charge in [0.05, 0.1) is 12.7 Å². The number of rotatable bonds is 4. The predicted molar refractivity (Wildman–Crippen MR) is 85.3 cm³/mol. The molecule has 112 valence electrons. The maximum atomic E-state index is 9.51. The molecule has 5 heteroatoms. The number of aliphatic hydroxyl groups excluding tert-OH is 1. The van der Waals surface area contributed by atoms with Crippen LogP contribution in [-0.2, 0) is 4.74 Å². The first kappa shape index (κ1) is 15.9. The Morgan fingerprint density at radius 3 is 2.74 bits per heavy atom. The molecule has 1 saturated heterocycles. The van der Waals surface area contributed by atoms with Crippen molar-refractivity contribution in [1.29, 1.82) is 0 Å². The van der Waals surface area contributed by atoms with Crippen molar-refractivity contribution in [2.75, 3.05) is 27.3 Å². The van der Waals surface area contributed by atoms with Gasteiger partial charge in [0.25, 0.3) is 0 Å². The highest BCUT2D eigenvalue weighted by Crippen LogP contribution is 2.39. The first-order valence-electron chi connectivity index (χ1n) is 7.42. The number of methoxy groups -OCH3 is 1. The first-order chi connectivity index (χ1) is 9.19. The standard InChI is InChI=1S/C14H27IN2O2/c1-16-11-3-4-14(19-2)13(8-11)10-5-6-17(15)12(7-10)9-18/h10-14,16,18H,3-9H2,1-2H3. The fourth-order valence-electron chi connectivity index (χ4n) is 3.83. The minimum atomic E-state index is 0.277. The molecular weight excluding hydrogens is 355 g/mol. The highest BCUT2D eigenvalue weighted by Gasteiger charge is 2.38. The van der Waals surface area contributed by atoms with Crippen LogP contribution in [0.4, 0.5) is 0 Å². The minimum absolute atomic E-state index is 0.277. The summed E-state index contributed by atoms with van der Waals surface area (Å²) >= 11 is 2.36. The molecule has 1 aliphatic heterocycles. The van der Waals surface area contributed by atoms with Crippen LogP contribution in [0.3, 0.4) is 0 Å². The van der Waals surface area contributed by atoms with Crippen molar-refractivity contribution >= 4 is 22.9 Å². The second-order valence-corrected chi connectivity index (χ2v) is 7.22. The summed E-state index contributed by atoms with van der Waals surface area (Å²) < 4.78 is 8.01. The Hall–Kier alpha value is 0.570. The lowest BCUT2D eigenvalue weighted by molar-refractivity contribution is -0.0254. The summed E-state index contributed by atoms with van der Waals surface area (Å²) in [4.78, 5) is 0. The third-order valence-electron chi connectivity index (χ3n) is 5.05. The van der Waals surface area contributed by atoms with Crippen LogP contribution < -0.4 is 5.32 Å². The molecule has 0 aromatic carbocycles. The van der Waals surface area contributed by atoms with E-state index in [1.807, 2.05) is 7.11 Å². The molecule has 2 fully saturated rings. The number of ether oxygens (including phenoxy) is 1. The van der Waals surface area contributed by atoms with Gasteiger partial charge in [-0.3, -0.25) is 0 Å². The van der Waals surface area contributed by atoms with Crippen molar-refractivity contribution < 1.29 is 9.84 Å². The summed E-state index contributed by atoms with van der Waals surface area (Å²) in [5, 5.41) is 12.9. The van der Waals surface area contributed by atoms with E-state index in [1.165, 1.54) is 25.7 Å². The fraction of sp³-hybridized carbons (Fsp3) is 1.00. The Kier molecular flexibility index (Phi) is 6.33. The SMILES string of the molecule is CNC1CCC(OC)C(C2CCN(I)C(CO)C2)C1. The van der Waals surface area contributed by atoms with Gasteiger partial charge in [0.15, 0.2) is 0 Å². The van der Waals surface area contributed by atoms with Crippen LogP contribution in [0, 0.1) is 11.8 Å². The smallest absolute Gasteiger partial charge is 0.0603 e. The van der Waals surface area contributed by atoms with Crippen LogP contribution in [0.25, 0.3) is 0 Å². The maximum Gasteiger partial charge on any atom is 0.0603 e. The Bertz CT molecular complexity index is 280. The zero-order valence-corrected chi connectivity index (χ0v) is 14.2. The largest absolute Gasteiger partial charge is 0.395 e. The normalized spacial score (nSPS) is 41.4. The molecule has 19 heavy (non-hydrogen) atoms. The molecule has 1 aliphatic carbocycles. The molecular formula is C14H27IN2O2. The Labute approximate surface area is 130 Å². The molecule has 0 spiro atoms. The zero-order chi connectivity index (χ0) is 13.8. The summed E-state index contributed by atoms with van der Waals surface area (Å²) in [6.07, 6.45) is 6.37. The van der Waals surface area contributed by atoms with Gasteiger partial charge in [0.2, 0.25) is 0 Å². The number of hydrogen-bond acceptors (Lipinski definition) is 4. The Morgan fingerprint density at radius 2 is 2.11 bits per heavy atom. The number of nitrogens with zero attached hydrogens (tertiary/aromatic N) is 1. The molecule has 0 radical (unpaired) electrons. The molecule has 0 aromatic heterocycles. The monoisotopic (exact) mass is 382 g/mol. The summed E-state index contributed by atoms with van der Waals surface area (Å²) in [5.41, 5.74) is 0. The van der Waals surface area contributed by atoms with Gasteiger partial charge in [0, 0.05) is 48.6 Å². The third kappa shape index (κ3) is 3.81. The van der Waals surface area contributed by atoms with Crippen molar-refractivity contribution in [2.24, 2.45) is 11.8 Å². The number of nitrogens with one attached hydrogen (secondary N) is 1. The Morgan fingerprint density at radius 1 is 1.32 bits per heavy atom. The van der Waals surface area contributed by atoms with Crippen LogP contribution in [0.2, 0.25) is 0 Å². The van der Waals surface area contributed by atoms with Crippen molar-refractivity contribution in [3.05, 3.63) is 0 Å². The second kappa shape index (κ2) is 7.54. The summed E-state index contributed by atoms with van der Waals surface area (Å²) in [7, 11) is 3.92. The summed E-state index contributed by atoms with van der Waals surface area (Å²) in [5.74, 6) is 1.35. The van der Waals surface area contributed by atoms with Crippen LogP contribution in [-0.4, -0.2) is 53.7 Å². The molecule has 2 N–H and O–H groups in total. The average Bonchev–Trinajstić information content (AvgIpc) is 2.47. The van der Waals surface area contributed by atoms with Gasteiger partial charge in [-0.1, -0.05) is 0 Å². The molecule has 2 rings (SSSR count). The molecule has 5 atom stereocenters. The van der Waals surface area contributed by atoms with Gasteiger partial charge in [-0.2, -0.15) is 0 Å². The van der Waals surface area contributed by atoms with Gasteiger partial charge >= 0.3 is 0 Å². The fourth-order valence-corrected chi connectivity index (χ4v) is 4.52. The van der Waals surface area contributed by atoms with E-state index in [4.69, 9.17) is 4.74 Å². The highest BCUT2D eigenvalue weighted by molar-refractivity contribution is 14.1. The van der Waals surface area contributed by atoms with Crippen molar-refractivity contribution in [3.8, 4) is 0 Å². The molecule has 2 aliphatic rings. The number of hydrogen-bond donors (Lipinski definition) is 2. The Balaban J connectivity index is 2.00. The van der Waals surface area contributed by atoms with E-state index >= 15 is 0 Å². The van der Waals surface area contributed by atoms with Crippen LogP contribution >= 0.6 is 22.9 Å². The molecule has 5 unspecified atom stereocenters. The topological polar surface area (TPSA) is 44.7 Å². The van der Waals surface area contributed by atoms with Gasteiger partial charge in [-0.25, -0.2) is 3.11 Å². The van der Waals surface area contributed by atoms with Gasteiger partial charge in [0.1, 0.15) is 0 Å². The lowest BCUT2D eigenvalue weighted by atomic mass is 9.71. The second-order valence-electron chi connectivity index (χ2n) is 5.98. The number of halogens is 1. The molecule has 1 saturated carbocycles. The first-order valence-corrected chi connectivity index (χ1v) is 8.39. The van der Waals surface area contributed by atoms with E-state index < -0.39 is 0 Å². The van der Waals surface area contributed by atoms with E-state index in [9.17, 15) is 5.11 Å². The lowest BCUT2D eigenvalue weighted by Crippen LogP contribution is -2.47. The lowest BCUT2D eigenvalue weighted by Gasteiger charge is -2.44. The number of piperidine rings is 1. The molecule has 0 bridgehead atoms. The van der Waals surface area contributed by atoms with E-state index in [2.05, 4.69) is 38.3 Å². The quantitative estimate of drug-likeness (QED) is 0.575. The van der Waals surface area contributed by atoms with E-state index in [-0.39, 0.29) is 6.61 Å². The molecule has 0 amide bonds. The molecule has 0 aromatic rings. The average molecular weight is 382 g/mol. The molecule has 4 nitrogen and oxygen atoms in total. The van der Waals surface area contributed by atoms with Crippen molar-refractivity contribution in [2.45, 2.75) is 50.3 Å². The van der Waals surface area contributed by atoms with Crippen LogP contribution in [0.5, 0.6) is 0 Å². The molecule has 1 heterocycles. The van der Waals surface area contributed by atoms with Gasteiger partial charge in [-0.05, 0) is 51.0 Å².